The van der Waals surface area contributed by atoms with E-state index in [1.54, 1.807) is 0 Å². The van der Waals surface area contributed by atoms with Gasteiger partial charge in [-0.25, -0.2) is 9.59 Å². The lowest BCUT2D eigenvalue weighted by molar-refractivity contribution is -0.146. The van der Waals surface area contributed by atoms with E-state index in [9.17, 15) is 19.8 Å². The molecule has 2 fully saturated rings. The molecule has 2 aliphatic rings. The Morgan fingerprint density at radius 3 is 2.29 bits per heavy atom. The summed E-state index contributed by atoms with van der Waals surface area (Å²) in [5, 5.41) is 24.8. The van der Waals surface area contributed by atoms with Crippen LogP contribution in [-0.2, 0) is 4.79 Å². The fourth-order valence-electron chi connectivity index (χ4n) is 3.35. The van der Waals surface area contributed by atoms with Crippen LogP contribution in [0, 0.1) is 5.92 Å². The molecule has 0 aromatic rings. The molecule has 4 N–H and O–H groups in total. The van der Waals surface area contributed by atoms with Crippen molar-refractivity contribution in [3.05, 3.63) is 0 Å². The van der Waals surface area contributed by atoms with Crippen LogP contribution in [0.5, 0.6) is 0 Å². The Balaban J connectivity index is 1.94. The summed E-state index contributed by atoms with van der Waals surface area (Å²) in [6, 6.07) is -0.745. The summed E-state index contributed by atoms with van der Waals surface area (Å²) in [5.74, 6) is -0.462. The lowest BCUT2D eigenvalue weighted by atomic mass is 9.77. The zero-order chi connectivity index (χ0) is 15.5. The summed E-state index contributed by atoms with van der Waals surface area (Å²) in [5.41, 5.74) is -1.16. The van der Waals surface area contributed by atoms with E-state index < -0.39 is 23.6 Å². The highest BCUT2D eigenvalue weighted by Gasteiger charge is 2.43. The first-order chi connectivity index (χ1) is 9.93. The van der Waals surface area contributed by atoms with Crippen LogP contribution in [0.3, 0.4) is 0 Å². The molecule has 0 saturated heterocycles. The van der Waals surface area contributed by atoms with Crippen molar-refractivity contribution in [1.82, 2.24) is 10.6 Å². The average molecular weight is 298 g/mol. The molecule has 0 aromatic carbocycles. The number of carbonyl (C=O) groups excluding carboxylic acids is 1. The molecule has 2 amide bonds. The predicted octanol–water partition coefficient (Wildman–Crippen LogP) is 1.62. The maximum absolute atomic E-state index is 12.1. The molecule has 2 atom stereocenters. The monoisotopic (exact) mass is 298 g/mol. The fourth-order valence-corrected chi connectivity index (χ4v) is 3.35. The number of hydrogen-bond donors (Lipinski definition) is 4. The maximum Gasteiger partial charge on any atom is 0.329 e. The summed E-state index contributed by atoms with van der Waals surface area (Å²) in [7, 11) is 0. The van der Waals surface area contributed by atoms with E-state index in [2.05, 4.69) is 17.6 Å². The van der Waals surface area contributed by atoms with Gasteiger partial charge >= 0.3 is 12.0 Å². The quantitative estimate of drug-likeness (QED) is 0.636. The molecule has 21 heavy (non-hydrogen) atoms. The van der Waals surface area contributed by atoms with Gasteiger partial charge in [-0.2, -0.15) is 0 Å². The largest absolute Gasteiger partial charge is 0.480 e. The van der Waals surface area contributed by atoms with Crippen LogP contribution in [0.15, 0.2) is 0 Å². The van der Waals surface area contributed by atoms with Gasteiger partial charge in [-0.05, 0) is 44.4 Å². The minimum atomic E-state index is -1.16. The van der Waals surface area contributed by atoms with Crippen molar-refractivity contribution in [3.8, 4) is 0 Å². The molecule has 0 radical (unpaired) electrons. The second-order valence-corrected chi connectivity index (χ2v) is 6.63. The van der Waals surface area contributed by atoms with Gasteiger partial charge in [0.25, 0.3) is 0 Å². The molecule has 120 valence electrons. The van der Waals surface area contributed by atoms with Crippen molar-refractivity contribution in [2.45, 2.75) is 76.0 Å². The highest BCUT2D eigenvalue weighted by Crippen LogP contribution is 2.32. The molecule has 0 aromatic heterocycles. The molecule has 0 spiro atoms. The molecular formula is C15H26N2O4. The van der Waals surface area contributed by atoms with Gasteiger partial charge < -0.3 is 20.8 Å². The predicted molar refractivity (Wildman–Crippen MR) is 77.9 cm³/mol. The molecule has 2 unspecified atom stereocenters. The molecule has 6 heteroatoms. The molecule has 0 heterocycles. The summed E-state index contributed by atoms with van der Waals surface area (Å²) in [6.45, 7) is 2.10. The van der Waals surface area contributed by atoms with Gasteiger partial charge in [0, 0.05) is 0 Å². The van der Waals surface area contributed by atoms with Crippen molar-refractivity contribution in [1.29, 1.82) is 0 Å². The van der Waals surface area contributed by atoms with Crippen LogP contribution in [0.25, 0.3) is 0 Å². The highest BCUT2D eigenvalue weighted by molar-refractivity contribution is 5.86. The summed E-state index contributed by atoms with van der Waals surface area (Å²) < 4.78 is 0. The maximum atomic E-state index is 12.1. The number of amides is 2. The smallest absolute Gasteiger partial charge is 0.329 e. The number of hydrogen-bond acceptors (Lipinski definition) is 3. The van der Waals surface area contributed by atoms with Gasteiger partial charge in [0.05, 0.1) is 12.1 Å². The number of carboxylic acid groups (broad SMARTS) is 1. The van der Waals surface area contributed by atoms with Crippen molar-refractivity contribution in [3.63, 3.8) is 0 Å². The van der Waals surface area contributed by atoms with E-state index in [4.69, 9.17) is 0 Å². The number of carbonyl (C=O) groups is 2. The summed E-state index contributed by atoms with van der Waals surface area (Å²) >= 11 is 0. The van der Waals surface area contributed by atoms with Crippen molar-refractivity contribution >= 4 is 12.0 Å². The summed E-state index contributed by atoms with van der Waals surface area (Å²) in [4.78, 5) is 23.7. The molecule has 2 saturated carbocycles. The lowest BCUT2D eigenvalue weighted by Gasteiger charge is -2.37. The van der Waals surface area contributed by atoms with Gasteiger partial charge in [0.2, 0.25) is 0 Å². The van der Waals surface area contributed by atoms with Crippen molar-refractivity contribution in [2.75, 3.05) is 0 Å². The van der Waals surface area contributed by atoms with Crippen molar-refractivity contribution in [2.24, 2.45) is 5.92 Å². The SMILES string of the molecule is CC1CCC(NC(=O)NC2CCCCC2O)(C(=O)O)CC1. The first kappa shape index (κ1) is 16.1. The number of aliphatic carboxylic acids is 1. The van der Waals surface area contributed by atoms with Crippen LogP contribution >= 0.6 is 0 Å². The third-order valence-corrected chi connectivity index (χ3v) is 4.94. The summed E-state index contributed by atoms with van der Waals surface area (Å²) in [6.07, 6.45) is 5.38. The van der Waals surface area contributed by atoms with Gasteiger partial charge in [0.15, 0.2) is 0 Å². The number of carboxylic acids is 1. The normalized spacial score (nSPS) is 36.8. The molecular weight excluding hydrogens is 272 g/mol. The Bertz CT molecular complexity index is 391. The average Bonchev–Trinajstić information content (AvgIpc) is 2.44. The molecule has 0 bridgehead atoms. The van der Waals surface area contributed by atoms with E-state index in [-0.39, 0.29) is 6.04 Å². The Kier molecular flexibility index (Phi) is 5.08. The van der Waals surface area contributed by atoms with Gasteiger partial charge in [-0.1, -0.05) is 19.8 Å². The minimum Gasteiger partial charge on any atom is -0.480 e. The van der Waals surface area contributed by atoms with E-state index in [1.807, 2.05) is 0 Å². The highest BCUT2D eigenvalue weighted by atomic mass is 16.4. The van der Waals surface area contributed by atoms with Crippen LogP contribution in [-0.4, -0.2) is 39.9 Å². The van der Waals surface area contributed by atoms with E-state index in [1.165, 1.54) is 0 Å². The van der Waals surface area contributed by atoms with E-state index in [0.717, 1.165) is 32.1 Å². The number of urea groups is 1. The molecule has 2 rings (SSSR count). The molecule has 6 nitrogen and oxygen atoms in total. The van der Waals surface area contributed by atoms with Gasteiger partial charge in [-0.3, -0.25) is 0 Å². The topological polar surface area (TPSA) is 98.7 Å². The fraction of sp³-hybridized carbons (Fsp3) is 0.867. The number of aliphatic hydroxyl groups excluding tert-OH is 1. The number of aliphatic hydroxyl groups is 1. The van der Waals surface area contributed by atoms with Gasteiger partial charge in [-0.15, -0.1) is 0 Å². The Labute approximate surface area is 125 Å². The lowest BCUT2D eigenvalue weighted by Crippen LogP contribution is -2.60. The molecule has 0 aliphatic heterocycles. The first-order valence-corrected chi connectivity index (χ1v) is 7.93. The third kappa shape index (κ3) is 3.87. The van der Waals surface area contributed by atoms with E-state index >= 15 is 0 Å². The second-order valence-electron chi connectivity index (χ2n) is 6.63. The first-order valence-electron chi connectivity index (χ1n) is 7.93. The van der Waals surface area contributed by atoms with Crippen LogP contribution < -0.4 is 10.6 Å². The Morgan fingerprint density at radius 1 is 1.10 bits per heavy atom. The van der Waals surface area contributed by atoms with Crippen LogP contribution in [0.2, 0.25) is 0 Å². The van der Waals surface area contributed by atoms with E-state index in [0.29, 0.717) is 25.2 Å². The Morgan fingerprint density at radius 2 is 1.71 bits per heavy atom. The third-order valence-electron chi connectivity index (χ3n) is 4.94. The number of rotatable bonds is 3. The number of nitrogens with one attached hydrogen (secondary N) is 2. The van der Waals surface area contributed by atoms with Crippen LogP contribution in [0.4, 0.5) is 4.79 Å². The zero-order valence-electron chi connectivity index (χ0n) is 12.6. The molecule has 2 aliphatic carbocycles. The second kappa shape index (κ2) is 6.64. The Hall–Kier alpha value is -1.30. The van der Waals surface area contributed by atoms with Crippen LogP contribution in [0.1, 0.15) is 58.3 Å². The van der Waals surface area contributed by atoms with Crippen molar-refractivity contribution < 1.29 is 19.8 Å². The standard InChI is InChI=1S/C15H26N2O4/c1-10-6-8-15(9-7-10,13(19)20)17-14(21)16-11-4-2-3-5-12(11)18/h10-12,18H,2-9H2,1H3,(H,19,20)(H2,16,17,21). The minimum absolute atomic E-state index is 0.271. The van der Waals surface area contributed by atoms with Gasteiger partial charge in [0.1, 0.15) is 5.54 Å². The zero-order valence-corrected chi connectivity index (χ0v) is 12.6.